The van der Waals surface area contributed by atoms with Gasteiger partial charge in [0.25, 0.3) is 0 Å². The highest BCUT2D eigenvalue weighted by Crippen LogP contribution is 2.70. The van der Waals surface area contributed by atoms with Crippen molar-refractivity contribution in [3.05, 3.63) is 0 Å². The molecule has 0 aromatic rings. The number of aliphatic hydroxyl groups excluding tert-OH is 1. The number of ketones is 1. The van der Waals surface area contributed by atoms with E-state index in [9.17, 15) is 9.90 Å². The van der Waals surface area contributed by atoms with Crippen LogP contribution in [-0.4, -0.2) is 35.5 Å². The van der Waals surface area contributed by atoms with E-state index in [4.69, 9.17) is 9.47 Å². The Morgan fingerprint density at radius 2 is 1.81 bits per heavy atom. The van der Waals surface area contributed by atoms with Crippen LogP contribution in [0.1, 0.15) is 85.5 Å². The van der Waals surface area contributed by atoms with Crippen molar-refractivity contribution in [1.29, 1.82) is 0 Å². The quantitative estimate of drug-likeness (QED) is 0.589. The van der Waals surface area contributed by atoms with Crippen LogP contribution in [-0.2, 0) is 14.3 Å². The molecule has 4 nitrogen and oxygen atoms in total. The molecule has 31 heavy (non-hydrogen) atoms. The zero-order chi connectivity index (χ0) is 21.8. The number of ether oxygens (including phenoxy) is 2. The number of hydrogen-bond donors (Lipinski definition) is 1. The molecule has 4 aliphatic carbocycles. The molecule has 2 aliphatic heterocycles. The first-order valence-electron chi connectivity index (χ1n) is 13.2. The highest BCUT2D eigenvalue weighted by atomic mass is 16.7. The summed E-state index contributed by atoms with van der Waals surface area (Å²) in [7, 11) is 0. The van der Waals surface area contributed by atoms with Crippen molar-refractivity contribution < 1.29 is 19.4 Å². The molecule has 2 heterocycles. The lowest BCUT2D eigenvalue weighted by atomic mass is 9.44. The number of carbonyl (C=O) groups excluding carboxylic acids is 1. The molecular weight excluding hydrogens is 388 g/mol. The van der Waals surface area contributed by atoms with E-state index in [0.717, 1.165) is 51.6 Å². The van der Waals surface area contributed by atoms with E-state index in [2.05, 4.69) is 27.7 Å². The topological polar surface area (TPSA) is 55.8 Å². The zero-order valence-corrected chi connectivity index (χ0v) is 19.9. The maximum Gasteiger partial charge on any atom is 0.171 e. The third-order valence-electron chi connectivity index (χ3n) is 11.8. The molecule has 1 N–H and O–H groups in total. The number of Topliss-reactive ketones (excluding diaryl/α,β-unsaturated/α-hetero) is 1. The Hall–Kier alpha value is -0.450. The Kier molecular flexibility index (Phi) is 4.62. The second-order valence-electron chi connectivity index (χ2n) is 13.0. The molecular formula is C27H42O4. The molecule has 4 heteroatoms. The average Bonchev–Trinajstić information content (AvgIpc) is 3.18. The first kappa shape index (κ1) is 21.1. The van der Waals surface area contributed by atoms with E-state index in [0.29, 0.717) is 41.3 Å². The first-order valence-corrected chi connectivity index (χ1v) is 13.2. The highest BCUT2D eigenvalue weighted by molar-refractivity contribution is 5.87. The Morgan fingerprint density at radius 3 is 2.55 bits per heavy atom. The van der Waals surface area contributed by atoms with Crippen molar-refractivity contribution in [3.8, 4) is 0 Å². The smallest absolute Gasteiger partial charge is 0.171 e. The third kappa shape index (κ3) is 2.68. The minimum absolute atomic E-state index is 0.131. The van der Waals surface area contributed by atoms with E-state index in [1.807, 2.05) is 0 Å². The first-order chi connectivity index (χ1) is 14.7. The lowest BCUT2D eigenvalue weighted by molar-refractivity contribution is -0.272. The normalized spacial score (nSPS) is 60.9. The molecule has 174 valence electrons. The molecule has 0 amide bonds. The Morgan fingerprint density at radius 1 is 1.00 bits per heavy atom. The van der Waals surface area contributed by atoms with Crippen LogP contribution in [0, 0.1) is 52.3 Å². The maximum absolute atomic E-state index is 14.0. The molecule has 0 aromatic heterocycles. The molecule has 12 atom stereocenters. The fourth-order valence-corrected chi connectivity index (χ4v) is 9.93. The Balaban J connectivity index is 1.30. The summed E-state index contributed by atoms with van der Waals surface area (Å²) in [6.07, 6.45) is 9.39. The number of hydrogen-bond acceptors (Lipinski definition) is 4. The van der Waals surface area contributed by atoms with Crippen LogP contribution in [0.25, 0.3) is 0 Å². The van der Waals surface area contributed by atoms with Gasteiger partial charge in [0, 0.05) is 30.1 Å². The van der Waals surface area contributed by atoms with Gasteiger partial charge in [0.05, 0.1) is 18.8 Å². The van der Waals surface area contributed by atoms with Gasteiger partial charge in [-0.25, -0.2) is 0 Å². The molecule has 4 saturated carbocycles. The van der Waals surface area contributed by atoms with Crippen LogP contribution in [0.3, 0.4) is 0 Å². The van der Waals surface area contributed by atoms with Crippen molar-refractivity contribution in [2.24, 2.45) is 52.3 Å². The standard InChI is InChI=1S/C27H42O4/c1-15-7-10-27(30-14-15)16(2)24-22(31-27)12-21-19-6-5-17-11-18(28)8-9-25(17,3)20(19)13-23(29)26(21,24)4/h15-22,24,28H,5-14H2,1-4H3/t15-,16+,17+,18+,19-,20?,21?,22+,24+,25+,26-,27-/m1/s1. The van der Waals surface area contributed by atoms with E-state index in [1.165, 1.54) is 12.8 Å². The number of fused-ring (bicyclic) bond motifs is 7. The lowest BCUT2D eigenvalue weighted by Gasteiger charge is -2.60. The molecule has 6 fully saturated rings. The van der Waals surface area contributed by atoms with Crippen LogP contribution < -0.4 is 0 Å². The van der Waals surface area contributed by atoms with Gasteiger partial charge in [0.15, 0.2) is 5.79 Å². The second kappa shape index (κ2) is 6.79. The van der Waals surface area contributed by atoms with E-state index < -0.39 is 5.79 Å². The van der Waals surface area contributed by atoms with Crippen LogP contribution in [0.5, 0.6) is 0 Å². The number of rotatable bonds is 0. The van der Waals surface area contributed by atoms with Gasteiger partial charge in [-0.2, -0.15) is 0 Å². The summed E-state index contributed by atoms with van der Waals surface area (Å²) in [4.78, 5) is 14.0. The molecule has 0 radical (unpaired) electrons. The van der Waals surface area contributed by atoms with Crippen LogP contribution in [0.4, 0.5) is 0 Å². The second-order valence-corrected chi connectivity index (χ2v) is 13.0. The van der Waals surface area contributed by atoms with Gasteiger partial charge < -0.3 is 14.6 Å². The third-order valence-corrected chi connectivity index (χ3v) is 11.8. The minimum Gasteiger partial charge on any atom is -0.393 e. The lowest BCUT2D eigenvalue weighted by Crippen LogP contribution is -2.58. The predicted molar refractivity (Wildman–Crippen MR) is 118 cm³/mol. The number of carbonyl (C=O) groups is 1. The van der Waals surface area contributed by atoms with Gasteiger partial charge in [-0.05, 0) is 80.0 Å². The summed E-state index contributed by atoms with van der Waals surface area (Å²) >= 11 is 0. The van der Waals surface area contributed by atoms with Gasteiger partial charge in [-0.3, -0.25) is 4.79 Å². The summed E-state index contributed by atoms with van der Waals surface area (Å²) in [5, 5.41) is 10.3. The molecule has 2 saturated heterocycles. The monoisotopic (exact) mass is 430 g/mol. The number of aliphatic hydroxyl groups is 1. The highest BCUT2D eigenvalue weighted by Gasteiger charge is 2.71. The van der Waals surface area contributed by atoms with Crippen LogP contribution >= 0.6 is 0 Å². The molecule has 1 spiro atoms. The van der Waals surface area contributed by atoms with Gasteiger partial charge in [0.1, 0.15) is 5.78 Å². The summed E-state index contributed by atoms with van der Waals surface area (Å²) in [6, 6.07) is 0. The molecule has 0 aromatic carbocycles. The van der Waals surface area contributed by atoms with Gasteiger partial charge in [0.2, 0.25) is 0 Å². The molecule has 2 unspecified atom stereocenters. The van der Waals surface area contributed by atoms with Gasteiger partial charge in [-0.15, -0.1) is 0 Å². The van der Waals surface area contributed by atoms with Crippen LogP contribution in [0.15, 0.2) is 0 Å². The average molecular weight is 431 g/mol. The van der Waals surface area contributed by atoms with E-state index in [1.54, 1.807) is 0 Å². The predicted octanol–water partition coefficient (Wildman–Crippen LogP) is 4.97. The Bertz CT molecular complexity index is 756. The SMILES string of the molecule is C[C@@H]1CC[C@@]2(OC1)O[C@H]1CC3[C@@H]4CC[C@H]5C[C@@H](O)CC[C@]5(C)C4CC(=O)[C@]3(C)[C@H]1[C@@H]2C. The minimum atomic E-state index is -0.448. The van der Waals surface area contributed by atoms with Crippen molar-refractivity contribution in [2.75, 3.05) is 6.61 Å². The summed E-state index contributed by atoms with van der Waals surface area (Å²) < 4.78 is 13.2. The van der Waals surface area contributed by atoms with E-state index >= 15 is 0 Å². The van der Waals surface area contributed by atoms with Gasteiger partial charge in [-0.1, -0.05) is 27.7 Å². The fraction of sp³-hybridized carbons (Fsp3) is 0.963. The molecule has 0 bridgehead atoms. The fourth-order valence-electron chi connectivity index (χ4n) is 9.93. The van der Waals surface area contributed by atoms with Crippen molar-refractivity contribution in [2.45, 2.75) is 103 Å². The van der Waals surface area contributed by atoms with Crippen molar-refractivity contribution in [1.82, 2.24) is 0 Å². The Labute approximate surface area is 187 Å². The summed E-state index contributed by atoms with van der Waals surface area (Å²) in [6.45, 7) is 10.1. The summed E-state index contributed by atoms with van der Waals surface area (Å²) in [5.74, 6) is 3.45. The largest absolute Gasteiger partial charge is 0.393 e. The molecule has 6 rings (SSSR count). The van der Waals surface area contributed by atoms with Gasteiger partial charge >= 0.3 is 0 Å². The molecule has 6 aliphatic rings. The van der Waals surface area contributed by atoms with Crippen molar-refractivity contribution in [3.63, 3.8) is 0 Å². The van der Waals surface area contributed by atoms with Crippen molar-refractivity contribution >= 4 is 5.78 Å². The van der Waals surface area contributed by atoms with E-state index in [-0.39, 0.29) is 29.0 Å². The maximum atomic E-state index is 14.0. The van der Waals surface area contributed by atoms with Crippen LogP contribution in [0.2, 0.25) is 0 Å². The zero-order valence-electron chi connectivity index (χ0n) is 19.9. The summed E-state index contributed by atoms with van der Waals surface area (Å²) in [5.41, 5.74) is -0.0221.